The average molecular weight is 353 g/mol. The standard InChI is InChI=1S/C15H11BrClNO2/c1-19-15-6-10(9-18)2-5-13(15)20-14-7-12(17)4-3-11(14)8-16/h2-7H,8H2,1H3. The third-order valence-electron chi connectivity index (χ3n) is 2.69. The Morgan fingerprint density at radius 2 is 1.95 bits per heavy atom. The molecule has 0 saturated carbocycles. The van der Waals surface area contributed by atoms with E-state index >= 15 is 0 Å². The Bertz CT molecular complexity index is 667. The van der Waals surface area contributed by atoms with Gasteiger partial charge in [-0.1, -0.05) is 33.6 Å². The summed E-state index contributed by atoms with van der Waals surface area (Å²) in [6, 6.07) is 12.5. The van der Waals surface area contributed by atoms with Crippen LogP contribution in [0, 0.1) is 11.3 Å². The van der Waals surface area contributed by atoms with E-state index in [4.69, 9.17) is 26.3 Å². The van der Waals surface area contributed by atoms with Crippen LogP contribution in [0.3, 0.4) is 0 Å². The first kappa shape index (κ1) is 14.7. The number of hydrogen-bond acceptors (Lipinski definition) is 3. The molecule has 102 valence electrons. The van der Waals surface area contributed by atoms with E-state index < -0.39 is 0 Å². The zero-order valence-electron chi connectivity index (χ0n) is 10.7. The summed E-state index contributed by atoms with van der Waals surface area (Å²) < 4.78 is 11.1. The van der Waals surface area contributed by atoms with E-state index in [2.05, 4.69) is 22.0 Å². The summed E-state index contributed by atoms with van der Waals surface area (Å²) in [4.78, 5) is 0. The Labute approximate surface area is 130 Å². The lowest BCUT2D eigenvalue weighted by Gasteiger charge is -2.13. The summed E-state index contributed by atoms with van der Waals surface area (Å²) in [5.41, 5.74) is 1.49. The maximum absolute atomic E-state index is 8.89. The molecule has 3 nitrogen and oxygen atoms in total. The Morgan fingerprint density at radius 1 is 1.15 bits per heavy atom. The summed E-state index contributed by atoms with van der Waals surface area (Å²) in [6.07, 6.45) is 0. The van der Waals surface area contributed by atoms with E-state index in [1.54, 1.807) is 30.3 Å². The third-order valence-corrected chi connectivity index (χ3v) is 3.53. The molecule has 0 amide bonds. The van der Waals surface area contributed by atoms with Crippen molar-refractivity contribution in [1.82, 2.24) is 0 Å². The zero-order valence-corrected chi connectivity index (χ0v) is 13.0. The molecular formula is C15H11BrClNO2. The molecule has 2 aromatic carbocycles. The van der Waals surface area contributed by atoms with Gasteiger partial charge in [0.25, 0.3) is 0 Å². The number of methoxy groups -OCH3 is 1. The number of nitriles is 1. The van der Waals surface area contributed by atoms with Crippen LogP contribution in [0.1, 0.15) is 11.1 Å². The van der Waals surface area contributed by atoms with Gasteiger partial charge in [-0.2, -0.15) is 5.26 Å². The molecule has 0 radical (unpaired) electrons. The van der Waals surface area contributed by atoms with Crippen molar-refractivity contribution in [1.29, 1.82) is 5.26 Å². The highest BCUT2D eigenvalue weighted by atomic mass is 79.9. The van der Waals surface area contributed by atoms with Crippen LogP contribution in [-0.2, 0) is 5.33 Å². The first-order chi connectivity index (χ1) is 9.67. The van der Waals surface area contributed by atoms with Crippen LogP contribution < -0.4 is 9.47 Å². The van der Waals surface area contributed by atoms with Gasteiger partial charge in [0.15, 0.2) is 11.5 Å². The van der Waals surface area contributed by atoms with Crippen molar-refractivity contribution >= 4 is 27.5 Å². The molecule has 0 heterocycles. The third kappa shape index (κ3) is 3.24. The summed E-state index contributed by atoms with van der Waals surface area (Å²) in [5, 5.41) is 10.1. The molecule has 0 atom stereocenters. The van der Waals surface area contributed by atoms with Crippen molar-refractivity contribution in [2.45, 2.75) is 5.33 Å². The lowest BCUT2D eigenvalue weighted by Crippen LogP contribution is -1.93. The smallest absolute Gasteiger partial charge is 0.169 e. The lowest BCUT2D eigenvalue weighted by atomic mass is 10.2. The first-order valence-corrected chi connectivity index (χ1v) is 7.28. The van der Waals surface area contributed by atoms with Crippen molar-refractivity contribution in [2.24, 2.45) is 0 Å². The molecule has 0 bridgehead atoms. The zero-order chi connectivity index (χ0) is 14.5. The Morgan fingerprint density at radius 3 is 2.60 bits per heavy atom. The Hall–Kier alpha value is -1.70. The molecule has 0 aliphatic heterocycles. The normalized spacial score (nSPS) is 9.90. The maximum atomic E-state index is 8.89. The minimum atomic E-state index is 0.504. The van der Waals surface area contributed by atoms with E-state index in [0.717, 1.165) is 5.56 Å². The maximum Gasteiger partial charge on any atom is 0.169 e. The molecule has 0 N–H and O–H groups in total. The van der Waals surface area contributed by atoms with E-state index in [9.17, 15) is 0 Å². The molecule has 0 fully saturated rings. The fourth-order valence-corrected chi connectivity index (χ4v) is 2.30. The molecule has 0 unspecified atom stereocenters. The Kier molecular flexibility index (Phi) is 4.89. The number of halogens is 2. The molecule has 0 aliphatic carbocycles. The minimum absolute atomic E-state index is 0.504. The van der Waals surface area contributed by atoms with E-state index in [-0.39, 0.29) is 0 Å². The Balaban J connectivity index is 2.39. The number of hydrogen-bond donors (Lipinski definition) is 0. The van der Waals surface area contributed by atoms with Crippen LogP contribution in [0.4, 0.5) is 0 Å². The molecule has 0 aliphatic rings. The van der Waals surface area contributed by atoms with Gasteiger partial charge in [-0.15, -0.1) is 0 Å². The van der Waals surface area contributed by atoms with Crippen LogP contribution in [0.2, 0.25) is 5.02 Å². The number of ether oxygens (including phenoxy) is 2. The predicted octanol–water partition coefficient (Wildman–Crippen LogP) is 4.91. The van der Waals surface area contributed by atoms with Crippen molar-refractivity contribution in [3.05, 3.63) is 52.5 Å². The van der Waals surface area contributed by atoms with Crippen LogP contribution in [0.25, 0.3) is 0 Å². The summed E-state index contributed by atoms with van der Waals surface area (Å²) in [7, 11) is 1.53. The minimum Gasteiger partial charge on any atom is -0.493 e. The summed E-state index contributed by atoms with van der Waals surface area (Å²) in [5.74, 6) is 1.69. The topological polar surface area (TPSA) is 42.2 Å². The van der Waals surface area contributed by atoms with E-state index in [1.165, 1.54) is 7.11 Å². The highest BCUT2D eigenvalue weighted by molar-refractivity contribution is 9.08. The van der Waals surface area contributed by atoms with E-state index in [0.29, 0.717) is 33.2 Å². The molecule has 2 aromatic rings. The van der Waals surface area contributed by atoms with Gasteiger partial charge in [0.2, 0.25) is 0 Å². The molecule has 0 saturated heterocycles. The van der Waals surface area contributed by atoms with Crippen LogP contribution in [-0.4, -0.2) is 7.11 Å². The number of nitrogens with zero attached hydrogens (tertiary/aromatic N) is 1. The predicted molar refractivity (Wildman–Crippen MR) is 81.9 cm³/mol. The second-order valence-corrected chi connectivity index (χ2v) is 4.96. The van der Waals surface area contributed by atoms with Gasteiger partial charge in [-0.3, -0.25) is 0 Å². The largest absolute Gasteiger partial charge is 0.493 e. The molecule has 0 aromatic heterocycles. The van der Waals surface area contributed by atoms with Crippen molar-refractivity contribution in [3.8, 4) is 23.3 Å². The SMILES string of the molecule is COc1cc(C#N)ccc1Oc1cc(Cl)ccc1CBr. The lowest BCUT2D eigenvalue weighted by molar-refractivity contribution is 0.378. The van der Waals surface area contributed by atoms with Gasteiger partial charge in [0.1, 0.15) is 5.75 Å². The van der Waals surface area contributed by atoms with Gasteiger partial charge in [-0.05, 0) is 24.3 Å². The number of alkyl halides is 1. The molecule has 0 spiro atoms. The van der Waals surface area contributed by atoms with Gasteiger partial charge in [-0.25, -0.2) is 0 Å². The van der Waals surface area contributed by atoms with Crippen molar-refractivity contribution in [2.75, 3.05) is 7.11 Å². The fourth-order valence-electron chi connectivity index (χ4n) is 1.67. The number of rotatable bonds is 4. The monoisotopic (exact) mass is 351 g/mol. The quantitative estimate of drug-likeness (QED) is 0.734. The van der Waals surface area contributed by atoms with Crippen LogP contribution >= 0.6 is 27.5 Å². The van der Waals surface area contributed by atoms with Crippen LogP contribution in [0.15, 0.2) is 36.4 Å². The molecule has 20 heavy (non-hydrogen) atoms. The van der Waals surface area contributed by atoms with Crippen LogP contribution in [0.5, 0.6) is 17.2 Å². The number of benzene rings is 2. The van der Waals surface area contributed by atoms with Gasteiger partial charge in [0, 0.05) is 22.0 Å². The summed E-state index contributed by atoms with van der Waals surface area (Å²) >= 11 is 9.40. The van der Waals surface area contributed by atoms with Gasteiger partial charge >= 0.3 is 0 Å². The van der Waals surface area contributed by atoms with Crippen molar-refractivity contribution in [3.63, 3.8) is 0 Å². The van der Waals surface area contributed by atoms with Gasteiger partial charge in [0.05, 0.1) is 18.7 Å². The average Bonchev–Trinajstić information content (AvgIpc) is 2.48. The van der Waals surface area contributed by atoms with Crippen molar-refractivity contribution < 1.29 is 9.47 Å². The second kappa shape index (κ2) is 6.65. The van der Waals surface area contributed by atoms with E-state index in [1.807, 2.05) is 6.07 Å². The highest BCUT2D eigenvalue weighted by Crippen LogP contribution is 2.35. The molecular weight excluding hydrogens is 342 g/mol. The first-order valence-electron chi connectivity index (χ1n) is 5.78. The highest BCUT2D eigenvalue weighted by Gasteiger charge is 2.10. The summed E-state index contributed by atoms with van der Waals surface area (Å²) in [6.45, 7) is 0. The second-order valence-electron chi connectivity index (χ2n) is 3.97. The molecule has 5 heteroatoms. The molecule has 2 rings (SSSR count). The van der Waals surface area contributed by atoms with Gasteiger partial charge < -0.3 is 9.47 Å². The fraction of sp³-hybridized carbons (Fsp3) is 0.133.